The van der Waals surface area contributed by atoms with Crippen LogP contribution in [0.3, 0.4) is 0 Å². The van der Waals surface area contributed by atoms with E-state index in [1.807, 2.05) is 6.07 Å². The monoisotopic (exact) mass is 306 g/mol. The highest BCUT2D eigenvalue weighted by molar-refractivity contribution is 7.18. The van der Waals surface area contributed by atoms with Crippen LogP contribution in [0.25, 0.3) is 10.2 Å². The van der Waals surface area contributed by atoms with Gasteiger partial charge in [0.05, 0.1) is 6.61 Å². The molecule has 0 fully saturated rings. The molecule has 0 N–H and O–H groups in total. The largest absolute Gasteiger partial charge is 0.375 e. The Morgan fingerprint density at radius 3 is 2.89 bits per heavy atom. The molecule has 0 aliphatic rings. The molecular weight excluding hydrogens is 294 g/mol. The molecule has 0 atom stereocenters. The standard InChI is InChI=1S/C12H13ClF2N2OS/c1-2-7-5-8-11(13)16-10(17-12(8)19-7)3-4-18-6-9(14)15/h5,9H,2-4,6H2,1H3. The van der Waals surface area contributed by atoms with E-state index in [1.165, 1.54) is 4.88 Å². The van der Waals surface area contributed by atoms with Gasteiger partial charge in [-0.15, -0.1) is 11.3 Å². The predicted molar refractivity (Wildman–Crippen MR) is 72.3 cm³/mol. The van der Waals surface area contributed by atoms with E-state index in [2.05, 4.69) is 16.9 Å². The zero-order valence-electron chi connectivity index (χ0n) is 10.3. The Morgan fingerprint density at radius 1 is 1.42 bits per heavy atom. The summed E-state index contributed by atoms with van der Waals surface area (Å²) in [6.45, 7) is 1.66. The summed E-state index contributed by atoms with van der Waals surface area (Å²) in [5.41, 5.74) is 0. The Labute approximate surface area is 118 Å². The van der Waals surface area contributed by atoms with Crippen LogP contribution in [0.1, 0.15) is 17.6 Å². The Hall–Kier alpha value is -0.850. The van der Waals surface area contributed by atoms with Gasteiger partial charge in [-0.25, -0.2) is 18.7 Å². The maximum atomic E-state index is 11.9. The number of nitrogens with zero attached hydrogens (tertiary/aromatic N) is 2. The normalized spacial score (nSPS) is 11.6. The number of alkyl halides is 2. The maximum absolute atomic E-state index is 11.9. The van der Waals surface area contributed by atoms with Crippen LogP contribution in [0.5, 0.6) is 0 Å². The second-order valence-corrected chi connectivity index (χ2v) is 5.40. The van der Waals surface area contributed by atoms with E-state index in [-0.39, 0.29) is 6.61 Å². The highest BCUT2D eigenvalue weighted by atomic mass is 35.5. The summed E-state index contributed by atoms with van der Waals surface area (Å²) in [4.78, 5) is 10.6. The molecule has 0 amide bonds. The second kappa shape index (κ2) is 6.54. The fourth-order valence-corrected chi connectivity index (χ4v) is 2.88. The van der Waals surface area contributed by atoms with Crippen molar-refractivity contribution in [2.24, 2.45) is 0 Å². The average Bonchev–Trinajstić information content (AvgIpc) is 2.78. The number of aromatic nitrogens is 2. The summed E-state index contributed by atoms with van der Waals surface area (Å²) in [6, 6.07) is 1.99. The molecule has 0 aliphatic carbocycles. The fraction of sp³-hybridized carbons (Fsp3) is 0.500. The van der Waals surface area contributed by atoms with Crippen molar-refractivity contribution in [2.75, 3.05) is 13.2 Å². The highest BCUT2D eigenvalue weighted by Gasteiger charge is 2.10. The lowest BCUT2D eigenvalue weighted by Gasteiger charge is -2.03. The molecule has 2 rings (SSSR count). The fourth-order valence-electron chi connectivity index (χ4n) is 1.60. The van der Waals surface area contributed by atoms with Gasteiger partial charge in [-0.1, -0.05) is 18.5 Å². The molecule has 2 aromatic heterocycles. The summed E-state index contributed by atoms with van der Waals surface area (Å²) in [6.07, 6.45) is -1.15. The van der Waals surface area contributed by atoms with Crippen LogP contribution in [-0.2, 0) is 17.6 Å². The van der Waals surface area contributed by atoms with Gasteiger partial charge < -0.3 is 4.74 Å². The van der Waals surface area contributed by atoms with E-state index < -0.39 is 13.0 Å². The maximum Gasteiger partial charge on any atom is 0.261 e. The molecular formula is C12H13ClF2N2OS. The van der Waals surface area contributed by atoms with Crippen molar-refractivity contribution in [1.82, 2.24) is 9.97 Å². The molecule has 0 aromatic carbocycles. The topological polar surface area (TPSA) is 35.0 Å². The first kappa shape index (κ1) is 14.6. The lowest BCUT2D eigenvalue weighted by molar-refractivity contribution is 0.0183. The van der Waals surface area contributed by atoms with Crippen molar-refractivity contribution in [3.63, 3.8) is 0 Å². The molecule has 0 saturated heterocycles. The first-order chi connectivity index (χ1) is 9.10. The third-order valence-corrected chi connectivity index (χ3v) is 3.97. The van der Waals surface area contributed by atoms with E-state index in [0.717, 1.165) is 16.6 Å². The van der Waals surface area contributed by atoms with E-state index in [9.17, 15) is 8.78 Å². The van der Waals surface area contributed by atoms with Crippen molar-refractivity contribution in [1.29, 1.82) is 0 Å². The van der Waals surface area contributed by atoms with Gasteiger partial charge in [0.25, 0.3) is 6.43 Å². The molecule has 0 bridgehead atoms. The van der Waals surface area contributed by atoms with E-state index >= 15 is 0 Å². The minimum absolute atomic E-state index is 0.165. The van der Waals surface area contributed by atoms with Gasteiger partial charge in [0, 0.05) is 16.7 Å². The van der Waals surface area contributed by atoms with Crippen LogP contribution in [0.15, 0.2) is 6.07 Å². The Morgan fingerprint density at radius 2 is 2.21 bits per heavy atom. The van der Waals surface area contributed by atoms with Crippen LogP contribution >= 0.6 is 22.9 Å². The van der Waals surface area contributed by atoms with Crippen molar-refractivity contribution in [2.45, 2.75) is 26.2 Å². The molecule has 0 spiro atoms. The minimum Gasteiger partial charge on any atom is -0.375 e. The summed E-state index contributed by atoms with van der Waals surface area (Å²) in [5, 5.41) is 1.26. The van der Waals surface area contributed by atoms with Gasteiger partial charge >= 0.3 is 0 Å². The molecule has 19 heavy (non-hydrogen) atoms. The smallest absolute Gasteiger partial charge is 0.261 e. The van der Waals surface area contributed by atoms with Gasteiger partial charge in [-0.05, 0) is 12.5 Å². The van der Waals surface area contributed by atoms with Gasteiger partial charge in [-0.2, -0.15) is 0 Å². The first-order valence-electron chi connectivity index (χ1n) is 5.91. The highest BCUT2D eigenvalue weighted by Crippen LogP contribution is 2.29. The summed E-state index contributed by atoms with van der Waals surface area (Å²) < 4.78 is 28.6. The third-order valence-electron chi connectivity index (χ3n) is 2.51. The van der Waals surface area contributed by atoms with Crippen LogP contribution in [0.4, 0.5) is 8.78 Å². The molecule has 0 saturated carbocycles. The predicted octanol–water partition coefficient (Wildman–Crippen LogP) is 3.73. The van der Waals surface area contributed by atoms with Crippen LogP contribution in [0, 0.1) is 0 Å². The zero-order chi connectivity index (χ0) is 13.8. The molecule has 2 heterocycles. The number of ether oxygens (including phenoxy) is 1. The van der Waals surface area contributed by atoms with Gasteiger partial charge in [0.15, 0.2) is 0 Å². The summed E-state index contributed by atoms with van der Waals surface area (Å²) in [5.74, 6) is 0.524. The molecule has 3 nitrogen and oxygen atoms in total. The van der Waals surface area contributed by atoms with Crippen LogP contribution in [0.2, 0.25) is 5.15 Å². The van der Waals surface area contributed by atoms with Gasteiger partial charge in [0.2, 0.25) is 0 Å². The number of aryl methyl sites for hydroxylation is 1. The molecule has 7 heteroatoms. The quantitative estimate of drug-likeness (QED) is 0.602. The molecule has 0 aliphatic heterocycles. The lowest BCUT2D eigenvalue weighted by atomic mass is 10.3. The summed E-state index contributed by atoms with van der Waals surface area (Å²) in [7, 11) is 0. The van der Waals surface area contributed by atoms with Crippen molar-refractivity contribution >= 4 is 33.2 Å². The number of rotatable bonds is 6. The first-order valence-corrected chi connectivity index (χ1v) is 7.10. The van der Waals surface area contributed by atoms with Crippen LogP contribution in [-0.4, -0.2) is 29.6 Å². The Balaban J connectivity index is 2.07. The number of hydrogen-bond donors (Lipinski definition) is 0. The molecule has 0 radical (unpaired) electrons. The van der Waals surface area contributed by atoms with E-state index in [4.69, 9.17) is 16.3 Å². The SMILES string of the molecule is CCc1cc2c(Cl)nc(CCOCC(F)F)nc2s1. The van der Waals surface area contributed by atoms with Crippen molar-refractivity contribution < 1.29 is 13.5 Å². The zero-order valence-corrected chi connectivity index (χ0v) is 11.9. The van der Waals surface area contributed by atoms with Crippen molar-refractivity contribution in [3.05, 3.63) is 21.9 Å². The molecule has 104 valence electrons. The minimum atomic E-state index is -2.45. The Kier molecular flexibility index (Phi) is 5.01. The summed E-state index contributed by atoms with van der Waals surface area (Å²) >= 11 is 7.66. The third kappa shape index (κ3) is 3.81. The lowest BCUT2D eigenvalue weighted by Crippen LogP contribution is -2.08. The average molecular weight is 307 g/mol. The molecule has 2 aromatic rings. The number of thiophene rings is 1. The Bertz CT molecular complexity index is 562. The number of fused-ring (bicyclic) bond motifs is 1. The number of hydrogen-bond acceptors (Lipinski definition) is 4. The van der Waals surface area contributed by atoms with Crippen LogP contribution < -0.4 is 0 Å². The molecule has 0 unspecified atom stereocenters. The van der Waals surface area contributed by atoms with Gasteiger partial charge in [0.1, 0.15) is 22.4 Å². The van der Waals surface area contributed by atoms with E-state index in [1.54, 1.807) is 11.3 Å². The van der Waals surface area contributed by atoms with Gasteiger partial charge in [-0.3, -0.25) is 0 Å². The second-order valence-electron chi connectivity index (χ2n) is 3.93. The van der Waals surface area contributed by atoms with E-state index in [0.29, 0.717) is 17.4 Å². The van der Waals surface area contributed by atoms with Crippen molar-refractivity contribution in [3.8, 4) is 0 Å². The number of halogens is 3.